The second-order valence-corrected chi connectivity index (χ2v) is 7.88. The summed E-state index contributed by atoms with van der Waals surface area (Å²) in [4.78, 5) is 15.8. The topological polar surface area (TPSA) is 50.6 Å². The van der Waals surface area contributed by atoms with Crippen molar-refractivity contribution >= 4 is 35.2 Å². The number of nitrogens with zero attached hydrogens (tertiary/aromatic N) is 4. The molecule has 0 radical (unpaired) electrons. The number of aromatic nitrogens is 2. The standard InChI is InChI=1S/C19H21Cl2F3N4O2/c1-11-9-26(13-4-5-14(20)15(8-13)30-3)6-7-27(11)16(10-29)28-12(2)17(21)18(25-28)19(22,23)24/h4-5,8,10-11,16H,6-7,9H2,1-3H3/t11-,16?/m0/s1. The number of piperazine rings is 1. The van der Waals surface area contributed by atoms with Gasteiger partial charge in [-0.2, -0.15) is 18.3 Å². The average Bonchev–Trinajstić information content (AvgIpc) is 2.99. The number of ether oxygens (including phenoxy) is 1. The van der Waals surface area contributed by atoms with Crippen LogP contribution in [0.2, 0.25) is 10.0 Å². The van der Waals surface area contributed by atoms with Crippen LogP contribution in [-0.4, -0.2) is 53.8 Å². The zero-order valence-electron chi connectivity index (χ0n) is 16.6. The van der Waals surface area contributed by atoms with Gasteiger partial charge in [0.05, 0.1) is 22.8 Å². The van der Waals surface area contributed by atoms with E-state index in [1.54, 1.807) is 6.07 Å². The normalized spacial score (nSPS) is 19.1. The highest BCUT2D eigenvalue weighted by atomic mass is 35.5. The minimum Gasteiger partial charge on any atom is -0.495 e. The van der Waals surface area contributed by atoms with E-state index in [9.17, 15) is 18.0 Å². The van der Waals surface area contributed by atoms with Gasteiger partial charge in [-0.25, -0.2) is 4.68 Å². The van der Waals surface area contributed by atoms with Crippen LogP contribution in [0.1, 0.15) is 24.5 Å². The molecule has 1 aromatic heterocycles. The zero-order valence-corrected chi connectivity index (χ0v) is 18.1. The van der Waals surface area contributed by atoms with Gasteiger partial charge in [0.1, 0.15) is 5.75 Å². The highest BCUT2D eigenvalue weighted by Crippen LogP contribution is 2.37. The monoisotopic (exact) mass is 464 g/mol. The van der Waals surface area contributed by atoms with Crippen molar-refractivity contribution in [3.8, 4) is 5.75 Å². The van der Waals surface area contributed by atoms with Crippen LogP contribution in [0.25, 0.3) is 0 Å². The van der Waals surface area contributed by atoms with Crippen LogP contribution in [0.5, 0.6) is 5.75 Å². The first-order valence-corrected chi connectivity index (χ1v) is 9.95. The molecule has 0 spiro atoms. The Kier molecular flexibility index (Phi) is 6.54. The van der Waals surface area contributed by atoms with Crippen molar-refractivity contribution in [3.63, 3.8) is 0 Å². The Morgan fingerprint density at radius 2 is 2.00 bits per heavy atom. The minimum absolute atomic E-state index is 0.0955. The lowest BCUT2D eigenvalue weighted by Crippen LogP contribution is -2.54. The Labute approximate surface area is 182 Å². The van der Waals surface area contributed by atoms with Crippen LogP contribution >= 0.6 is 23.2 Å². The van der Waals surface area contributed by atoms with Crippen LogP contribution in [0.3, 0.4) is 0 Å². The first-order chi connectivity index (χ1) is 14.1. The summed E-state index contributed by atoms with van der Waals surface area (Å²) < 4.78 is 45.8. The molecule has 2 atom stereocenters. The van der Waals surface area contributed by atoms with Gasteiger partial charge in [0, 0.05) is 37.4 Å². The smallest absolute Gasteiger partial charge is 0.436 e. The Morgan fingerprint density at radius 3 is 2.53 bits per heavy atom. The van der Waals surface area contributed by atoms with Gasteiger partial charge in [0.2, 0.25) is 0 Å². The first-order valence-electron chi connectivity index (χ1n) is 9.19. The van der Waals surface area contributed by atoms with Crippen LogP contribution in [0, 0.1) is 6.92 Å². The number of methoxy groups -OCH3 is 1. The minimum atomic E-state index is -4.70. The summed E-state index contributed by atoms with van der Waals surface area (Å²) in [6.07, 6.45) is -5.09. The predicted octanol–water partition coefficient (Wildman–Crippen LogP) is 4.43. The zero-order chi connectivity index (χ0) is 22.2. The van der Waals surface area contributed by atoms with E-state index in [-0.39, 0.29) is 11.7 Å². The fourth-order valence-electron chi connectivity index (χ4n) is 3.66. The van der Waals surface area contributed by atoms with Crippen molar-refractivity contribution in [1.82, 2.24) is 14.7 Å². The molecule has 30 heavy (non-hydrogen) atoms. The summed E-state index contributed by atoms with van der Waals surface area (Å²) in [6.45, 7) is 4.87. The van der Waals surface area contributed by atoms with Gasteiger partial charge in [0.25, 0.3) is 0 Å². The second-order valence-electron chi connectivity index (χ2n) is 7.09. The first kappa shape index (κ1) is 22.7. The third kappa shape index (κ3) is 4.24. The van der Waals surface area contributed by atoms with Crippen LogP contribution in [0.15, 0.2) is 18.2 Å². The molecule has 164 valence electrons. The highest BCUT2D eigenvalue weighted by Gasteiger charge is 2.40. The van der Waals surface area contributed by atoms with Crippen molar-refractivity contribution in [3.05, 3.63) is 39.6 Å². The van der Waals surface area contributed by atoms with Gasteiger partial charge < -0.3 is 9.64 Å². The Morgan fingerprint density at radius 1 is 1.30 bits per heavy atom. The largest absolute Gasteiger partial charge is 0.495 e. The van der Waals surface area contributed by atoms with Gasteiger partial charge in [-0.3, -0.25) is 9.69 Å². The predicted molar refractivity (Wildman–Crippen MR) is 108 cm³/mol. The molecule has 3 rings (SSSR count). The molecule has 1 aliphatic rings. The lowest BCUT2D eigenvalue weighted by molar-refractivity contribution is -0.142. The lowest BCUT2D eigenvalue weighted by Gasteiger charge is -2.43. The Bertz CT molecular complexity index is 935. The van der Waals surface area contributed by atoms with E-state index in [2.05, 4.69) is 10.00 Å². The summed E-state index contributed by atoms with van der Waals surface area (Å²) in [5.74, 6) is 0.552. The van der Waals surface area contributed by atoms with Gasteiger partial charge in [-0.1, -0.05) is 23.2 Å². The summed E-state index contributed by atoms with van der Waals surface area (Å²) >= 11 is 11.9. The molecular formula is C19H21Cl2F3N4O2. The molecular weight excluding hydrogens is 444 g/mol. The van der Waals surface area contributed by atoms with E-state index in [1.165, 1.54) is 14.0 Å². The fourth-order valence-corrected chi connectivity index (χ4v) is 4.08. The lowest BCUT2D eigenvalue weighted by atomic mass is 10.1. The van der Waals surface area contributed by atoms with Crippen LogP contribution in [0.4, 0.5) is 18.9 Å². The molecule has 1 unspecified atom stereocenters. The third-order valence-electron chi connectivity index (χ3n) is 5.24. The number of carbonyl (C=O) groups excluding carboxylic acids is 1. The van der Waals surface area contributed by atoms with Gasteiger partial charge in [0.15, 0.2) is 18.1 Å². The number of aldehydes is 1. The highest BCUT2D eigenvalue weighted by molar-refractivity contribution is 6.32. The van der Waals surface area contributed by atoms with Crippen molar-refractivity contribution < 1.29 is 22.7 Å². The third-order valence-corrected chi connectivity index (χ3v) is 6.00. The quantitative estimate of drug-likeness (QED) is 0.612. The maximum Gasteiger partial charge on any atom is 0.436 e. The summed E-state index contributed by atoms with van der Waals surface area (Å²) in [6, 6.07) is 5.30. The molecule has 11 heteroatoms. The summed E-state index contributed by atoms with van der Waals surface area (Å²) in [7, 11) is 1.53. The van der Waals surface area contributed by atoms with E-state index >= 15 is 0 Å². The van der Waals surface area contributed by atoms with E-state index in [0.717, 1.165) is 10.4 Å². The molecule has 1 aliphatic heterocycles. The number of carbonyl (C=O) groups is 1. The van der Waals surface area contributed by atoms with Crippen LogP contribution < -0.4 is 9.64 Å². The SMILES string of the molecule is COc1cc(N2CCN(C(C=O)n3nc(C(F)(F)F)c(Cl)c3C)[C@@H](C)C2)ccc1Cl. The molecule has 1 fully saturated rings. The van der Waals surface area contributed by atoms with E-state index in [4.69, 9.17) is 27.9 Å². The van der Waals surface area contributed by atoms with Crippen molar-refractivity contribution in [1.29, 1.82) is 0 Å². The van der Waals surface area contributed by atoms with Crippen molar-refractivity contribution in [2.24, 2.45) is 0 Å². The van der Waals surface area contributed by atoms with Gasteiger partial charge in [-0.15, -0.1) is 0 Å². The molecule has 6 nitrogen and oxygen atoms in total. The number of hydrogen-bond acceptors (Lipinski definition) is 5. The van der Waals surface area contributed by atoms with Gasteiger partial charge >= 0.3 is 6.18 Å². The molecule has 2 heterocycles. The number of alkyl halides is 3. The molecule has 0 aliphatic carbocycles. The molecule has 0 bridgehead atoms. The molecule has 1 aromatic carbocycles. The summed E-state index contributed by atoms with van der Waals surface area (Å²) in [5, 5.41) is 3.62. The average molecular weight is 465 g/mol. The maximum absolute atomic E-state index is 13.2. The van der Waals surface area contributed by atoms with Crippen LogP contribution in [-0.2, 0) is 11.0 Å². The van der Waals surface area contributed by atoms with E-state index < -0.39 is 23.1 Å². The maximum atomic E-state index is 13.2. The van der Waals surface area contributed by atoms with Crippen molar-refractivity contribution in [2.45, 2.75) is 32.2 Å². The Balaban J connectivity index is 1.83. The van der Waals surface area contributed by atoms with E-state index in [0.29, 0.717) is 36.7 Å². The number of hydrogen-bond donors (Lipinski definition) is 0. The molecule has 0 saturated carbocycles. The van der Waals surface area contributed by atoms with E-state index in [1.807, 2.05) is 24.0 Å². The number of anilines is 1. The fraction of sp³-hybridized carbons (Fsp3) is 0.474. The second kappa shape index (κ2) is 8.64. The Hall–Kier alpha value is -1.97. The molecule has 0 N–H and O–H groups in total. The molecule has 2 aromatic rings. The summed E-state index contributed by atoms with van der Waals surface area (Å²) in [5.41, 5.74) is -0.186. The molecule has 1 saturated heterocycles. The van der Waals surface area contributed by atoms with Gasteiger partial charge in [-0.05, 0) is 26.0 Å². The number of halogens is 5. The number of rotatable bonds is 5. The molecule has 0 amide bonds. The number of benzene rings is 1. The van der Waals surface area contributed by atoms with Crippen molar-refractivity contribution in [2.75, 3.05) is 31.6 Å².